The average molecular weight is 408 g/mol. The van der Waals surface area contributed by atoms with Gasteiger partial charge in [0.1, 0.15) is 5.75 Å². The Hall–Kier alpha value is -2.22. The van der Waals surface area contributed by atoms with Gasteiger partial charge in [-0.3, -0.25) is 4.79 Å². The van der Waals surface area contributed by atoms with Crippen LogP contribution in [0.2, 0.25) is 0 Å². The number of nitrogens with zero attached hydrogens (tertiary/aromatic N) is 1. The molecule has 0 aliphatic heterocycles. The van der Waals surface area contributed by atoms with E-state index in [2.05, 4.69) is 33.1 Å². The first kappa shape index (κ1) is 16.2. The van der Waals surface area contributed by atoms with Crippen LogP contribution in [0.4, 0.5) is 0 Å². The van der Waals surface area contributed by atoms with Gasteiger partial charge in [-0.05, 0) is 64.6 Å². The van der Waals surface area contributed by atoms with Gasteiger partial charge in [-0.15, -0.1) is 0 Å². The zero-order valence-electron chi connectivity index (χ0n) is 11.7. The molecule has 0 saturated carbocycles. The number of rotatable bonds is 4. The number of ether oxygens (including phenoxy) is 1. The van der Waals surface area contributed by atoms with E-state index in [-0.39, 0.29) is 5.91 Å². The molecule has 2 aromatic carbocycles. The third-order valence-corrected chi connectivity index (χ3v) is 3.56. The van der Waals surface area contributed by atoms with Crippen LogP contribution in [0.15, 0.2) is 53.6 Å². The van der Waals surface area contributed by atoms with Crippen LogP contribution in [0.3, 0.4) is 0 Å². The zero-order valence-corrected chi connectivity index (χ0v) is 13.9. The standard InChI is InChI=1S/C16H13IN2O3/c1-11(20)19-18-10-12-6-8-13(9-7-12)22-16(21)14-4-2-3-5-15(14)17/h2-10H,1H3,(H,19,20)/b18-10-. The van der Waals surface area contributed by atoms with Gasteiger partial charge in [0, 0.05) is 10.5 Å². The quantitative estimate of drug-likeness (QED) is 0.278. The van der Waals surface area contributed by atoms with Crippen molar-refractivity contribution in [3.05, 3.63) is 63.2 Å². The lowest BCUT2D eigenvalue weighted by Gasteiger charge is -2.06. The Labute approximate surface area is 141 Å². The second kappa shape index (κ2) is 7.69. The van der Waals surface area contributed by atoms with Gasteiger partial charge in [-0.1, -0.05) is 12.1 Å². The number of amides is 1. The van der Waals surface area contributed by atoms with Crippen molar-refractivity contribution in [3.8, 4) is 5.75 Å². The number of esters is 1. The second-order valence-electron chi connectivity index (χ2n) is 4.36. The maximum absolute atomic E-state index is 12.1. The molecule has 5 nitrogen and oxygen atoms in total. The van der Waals surface area contributed by atoms with Crippen LogP contribution in [-0.4, -0.2) is 18.1 Å². The Morgan fingerprint density at radius 2 is 1.82 bits per heavy atom. The highest BCUT2D eigenvalue weighted by molar-refractivity contribution is 14.1. The van der Waals surface area contributed by atoms with Crippen LogP contribution in [-0.2, 0) is 4.79 Å². The summed E-state index contributed by atoms with van der Waals surface area (Å²) in [5, 5.41) is 3.76. The van der Waals surface area contributed by atoms with E-state index in [0.717, 1.165) is 9.13 Å². The van der Waals surface area contributed by atoms with Crippen molar-refractivity contribution in [1.82, 2.24) is 5.43 Å². The lowest BCUT2D eigenvalue weighted by atomic mass is 10.2. The minimum atomic E-state index is -0.398. The number of carbonyl (C=O) groups excluding carboxylic acids is 2. The lowest BCUT2D eigenvalue weighted by molar-refractivity contribution is -0.118. The number of carbonyl (C=O) groups is 2. The highest BCUT2D eigenvalue weighted by Crippen LogP contribution is 2.16. The van der Waals surface area contributed by atoms with E-state index in [1.54, 1.807) is 36.4 Å². The highest BCUT2D eigenvalue weighted by Gasteiger charge is 2.11. The summed E-state index contributed by atoms with van der Waals surface area (Å²) >= 11 is 2.09. The van der Waals surface area contributed by atoms with Gasteiger partial charge in [0.25, 0.3) is 0 Å². The fourth-order valence-corrected chi connectivity index (χ4v) is 2.22. The molecule has 1 N–H and O–H groups in total. The van der Waals surface area contributed by atoms with Crippen LogP contribution < -0.4 is 10.2 Å². The van der Waals surface area contributed by atoms with Crippen LogP contribution in [0.25, 0.3) is 0 Å². The number of hydrazone groups is 1. The maximum Gasteiger partial charge on any atom is 0.344 e. The van der Waals surface area contributed by atoms with E-state index in [1.165, 1.54) is 13.1 Å². The van der Waals surface area contributed by atoms with E-state index in [0.29, 0.717) is 11.3 Å². The fraction of sp³-hybridized carbons (Fsp3) is 0.0625. The topological polar surface area (TPSA) is 67.8 Å². The molecule has 0 unspecified atom stereocenters. The molecule has 1 amide bonds. The molecule has 0 aliphatic carbocycles. The van der Waals surface area contributed by atoms with Crippen molar-refractivity contribution >= 4 is 40.7 Å². The molecule has 0 fully saturated rings. The molecule has 2 aromatic rings. The van der Waals surface area contributed by atoms with Gasteiger partial charge < -0.3 is 4.74 Å². The molecule has 112 valence electrons. The van der Waals surface area contributed by atoms with Gasteiger partial charge in [-0.2, -0.15) is 5.10 Å². The van der Waals surface area contributed by atoms with Gasteiger partial charge in [0.15, 0.2) is 0 Å². The Bertz CT molecular complexity index is 712. The molecule has 6 heteroatoms. The first-order valence-electron chi connectivity index (χ1n) is 6.42. The van der Waals surface area contributed by atoms with Gasteiger partial charge in [-0.25, -0.2) is 10.2 Å². The van der Waals surface area contributed by atoms with Crippen molar-refractivity contribution in [1.29, 1.82) is 0 Å². The Morgan fingerprint density at radius 1 is 1.14 bits per heavy atom. The van der Waals surface area contributed by atoms with E-state index < -0.39 is 5.97 Å². The molecule has 0 atom stereocenters. The summed E-state index contributed by atoms with van der Waals surface area (Å²) in [7, 11) is 0. The normalized spacial score (nSPS) is 10.5. The molecule has 0 radical (unpaired) electrons. The van der Waals surface area contributed by atoms with Crippen LogP contribution in [0, 0.1) is 3.57 Å². The predicted molar refractivity (Wildman–Crippen MR) is 92.0 cm³/mol. The smallest absolute Gasteiger partial charge is 0.344 e. The SMILES string of the molecule is CC(=O)N/N=C\c1ccc(OC(=O)c2ccccc2I)cc1. The minimum Gasteiger partial charge on any atom is -0.423 e. The predicted octanol–water partition coefficient (Wildman–Crippen LogP) is 2.98. The van der Waals surface area contributed by atoms with Gasteiger partial charge >= 0.3 is 5.97 Å². The van der Waals surface area contributed by atoms with Crippen molar-refractivity contribution in [2.75, 3.05) is 0 Å². The highest BCUT2D eigenvalue weighted by atomic mass is 127. The molecule has 0 saturated heterocycles. The first-order valence-corrected chi connectivity index (χ1v) is 7.50. The first-order chi connectivity index (χ1) is 10.6. The molecule has 0 bridgehead atoms. The van der Waals surface area contributed by atoms with Crippen molar-refractivity contribution < 1.29 is 14.3 Å². The van der Waals surface area contributed by atoms with E-state index in [1.807, 2.05) is 12.1 Å². The third kappa shape index (κ3) is 4.66. The number of nitrogens with one attached hydrogen (secondary N) is 1. The van der Waals surface area contributed by atoms with Gasteiger partial charge in [0.05, 0.1) is 11.8 Å². The van der Waals surface area contributed by atoms with Crippen molar-refractivity contribution in [2.45, 2.75) is 6.92 Å². The minimum absolute atomic E-state index is 0.237. The molecule has 0 spiro atoms. The molecule has 2 rings (SSSR count). The Kier molecular flexibility index (Phi) is 5.65. The summed E-state index contributed by atoms with van der Waals surface area (Å²) < 4.78 is 6.16. The average Bonchev–Trinajstić information content (AvgIpc) is 2.49. The van der Waals surface area contributed by atoms with Crippen LogP contribution in [0.1, 0.15) is 22.8 Å². The van der Waals surface area contributed by atoms with Crippen molar-refractivity contribution in [2.24, 2.45) is 5.10 Å². The van der Waals surface area contributed by atoms with Crippen LogP contribution >= 0.6 is 22.6 Å². The third-order valence-electron chi connectivity index (χ3n) is 2.62. The lowest BCUT2D eigenvalue weighted by Crippen LogP contribution is -2.12. The largest absolute Gasteiger partial charge is 0.423 e. The molecular formula is C16H13IN2O3. The molecule has 22 heavy (non-hydrogen) atoms. The van der Waals surface area contributed by atoms with E-state index in [4.69, 9.17) is 4.74 Å². The van der Waals surface area contributed by atoms with E-state index in [9.17, 15) is 9.59 Å². The number of halogens is 1. The van der Waals surface area contributed by atoms with Gasteiger partial charge in [0.2, 0.25) is 5.91 Å². The number of hydrogen-bond acceptors (Lipinski definition) is 4. The summed E-state index contributed by atoms with van der Waals surface area (Å²) in [6.45, 7) is 1.38. The fourth-order valence-electron chi connectivity index (χ4n) is 1.61. The summed E-state index contributed by atoms with van der Waals surface area (Å²) in [4.78, 5) is 22.8. The van der Waals surface area contributed by atoms with Crippen LogP contribution in [0.5, 0.6) is 5.75 Å². The number of benzene rings is 2. The van der Waals surface area contributed by atoms with E-state index >= 15 is 0 Å². The summed E-state index contributed by atoms with van der Waals surface area (Å²) in [5.74, 6) is -0.190. The zero-order chi connectivity index (χ0) is 15.9. The molecule has 0 heterocycles. The summed E-state index contributed by atoms with van der Waals surface area (Å²) in [5.41, 5.74) is 3.62. The molecular weight excluding hydrogens is 395 g/mol. The maximum atomic E-state index is 12.1. The Morgan fingerprint density at radius 3 is 2.45 bits per heavy atom. The second-order valence-corrected chi connectivity index (χ2v) is 5.53. The Balaban J connectivity index is 2.02. The summed E-state index contributed by atoms with van der Waals surface area (Å²) in [6, 6.07) is 14.0. The van der Waals surface area contributed by atoms with Crippen molar-refractivity contribution in [3.63, 3.8) is 0 Å². The molecule has 0 aliphatic rings. The summed E-state index contributed by atoms with van der Waals surface area (Å²) in [6.07, 6.45) is 1.51. The monoisotopic (exact) mass is 408 g/mol. The molecule has 0 aromatic heterocycles. The number of hydrogen-bond donors (Lipinski definition) is 1.